The van der Waals surface area contributed by atoms with Gasteiger partial charge in [-0.15, -0.1) is 0 Å². The lowest BCUT2D eigenvalue weighted by Crippen LogP contribution is -1.98. The lowest BCUT2D eigenvalue weighted by molar-refractivity contribution is 0.415. The summed E-state index contributed by atoms with van der Waals surface area (Å²) in [5.74, 6) is 1.32. The molecule has 0 aliphatic carbocycles. The third-order valence-corrected chi connectivity index (χ3v) is 3.27. The Morgan fingerprint density at radius 3 is 2.68 bits per heavy atom. The lowest BCUT2D eigenvalue weighted by atomic mass is 9.99. The molecule has 0 bridgehead atoms. The third-order valence-electron chi connectivity index (χ3n) is 3.27. The van der Waals surface area contributed by atoms with Gasteiger partial charge in [-0.25, -0.2) is 0 Å². The maximum atomic E-state index is 5.78. The van der Waals surface area contributed by atoms with E-state index in [1.54, 1.807) is 11.8 Å². The van der Waals surface area contributed by atoms with E-state index in [1.807, 2.05) is 13.2 Å². The predicted octanol–water partition coefficient (Wildman–Crippen LogP) is 2.68. The molecule has 4 heteroatoms. The fourth-order valence-corrected chi connectivity index (χ4v) is 2.18. The van der Waals surface area contributed by atoms with Crippen molar-refractivity contribution >= 4 is 0 Å². The van der Waals surface area contributed by atoms with Gasteiger partial charge in [-0.05, 0) is 23.6 Å². The average molecular weight is 259 g/mol. The van der Waals surface area contributed by atoms with Gasteiger partial charge in [0.15, 0.2) is 0 Å². The summed E-state index contributed by atoms with van der Waals surface area (Å²) in [4.78, 5) is 0. The Morgan fingerprint density at radius 2 is 2.11 bits per heavy atom. The van der Waals surface area contributed by atoms with Gasteiger partial charge in [0.2, 0.25) is 0 Å². The number of aryl methyl sites for hydroxylation is 1. The summed E-state index contributed by atoms with van der Waals surface area (Å²) < 4.78 is 7.29. The molecule has 2 aromatic rings. The van der Waals surface area contributed by atoms with Crippen molar-refractivity contribution in [3.05, 3.63) is 35.5 Å². The quantitative estimate of drug-likeness (QED) is 0.918. The average Bonchev–Trinajstić information content (AvgIpc) is 2.78. The van der Waals surface area contributed by atoms with Crippen LogP contribution >= 0.6 is 0 Å². The van der Waals surface area contributed by atoms with Crippen LogP contribution < -0.4 is 10.5 Å². The predicted molar refractivity (Wildman–Crippen MR) is 77.2 cm³/mol. The van der Waals surface area contributed by atoms with Gasteiger partial charge in [-0.2, -0.15) is 5.10 Å². The summed E-state index contributed by atoms with van der Waals surface area (Å²) in [7, 11) is 3.59. The van der Waals surface area contributed by atoms with Crippen LogP contribution in [-0.4, -0.2) is 16.9 Å². The molecule has 1 heterocycles. The van der Waals surface area contributed by atoms with E-state index in [4.69, 9.17) is 10.5 Å². The Labute approximate surface area is 114 Å². The Hall–Kier alpha value is -1.81. The summed E-state index contributed by atoms with van der Waals surface area (Å²) in [6.07, 6.45) is 1.95. The topological polar surface area (TPSA) is 53.1 Å². The molecule has 1 aromatic heterocycles. The molecule has 2 N–H and O–H groups in total. The first kappa shape index (κ1) is 13.6. The van der Waals surface area contributed by atoms with Crippen molar-refractivity contribution in [1.29, 1.82) is 0 Å². The van der Waals surface area contributed by atoms with Crippen molar-refractivity contribution in [2.24, 2.45) is 12.8 Å². The van der Waals surface area contributed by atoms with E-state index in [2.05, 4.69) is 37.1 Å². The van der Waals surface area contributed by atoms with Gasteiger partial charge >= 0.3 is 0 Å². The minimum absolute atomic E-state index is 0.470. The number of nitrogens with two attached hydrogens (primary N) is 1. The molecular formula is C15H21N3O. The fourth-order valence-electron chi connectivity index (χ4n) is 2.18. The minimum atomic E-state index is 0.470. The normalized spacial score (nSPS) is 11.1. The first-order valence-electron chi connectivity index (χ1n) is 6.47. The Balaban J connectivity index is 2.55. The number of benzene rings is 1. The lowest BCUT2D eigenvalue weighted by Gasteiger charge is -2.12. The molecule has 1 aromatic carbocycles. The Kier molecular flexibility index (Phi) is 3.90. The molecule has 0 atom stereocenters. The third kappa shape index (κ3) is 2.63. The van der Waals surface area contributed by atoms with Crippen LogP contribution in [0.15, 0.2) is 24.4 Å². The van der Waals surface area contributed by atoms with E-state index in [0.29, 0.717) is 12.5 Å². The van der Waals surface area contributed by atoms with Crippen LogP contribution in [0.2, 0.25) is 0 Å². The van der Waals surface area contributed by atoms with Gasteiger partial charge in [0.05, 0.1) is 7.11 Å². The van der Waals surface area contributed by atoms with Gasteiger partial charge in [-0.1, -0.05) is 19.9 Å². The summed E-state index contributed by atoms with van der Waals surface area (Å²) in [6.45, 7) is 4.80. The van der Waals surface area contributed by atoms with Crippen LogP contribution in [0.1, 0.15) is 30.9 Å². The van der Waals surface area contributed by atoms with Crippen molar-refractivity contribution in [2.75, 3.05) is 7.11 Å². The molecule has 0 saturated carbocycles. The maximum absolute atomic E-state index is 5.78. The molecule has 0 fully saturated rings. The zero-order valence-corrected chi connectivity index (χ0v) is 12.0. The van der Waals surface area contributed by atoms with Crippen LogP contribution in [0, 0.1) is 0 Å². The summed E-state index contributed by atoms with van der Waals surface area (Å²) in [5, 5.41) is 4.49. The Bertz CT molecular complexity index is 573. The summed E-state index contributed by atoms with van der Waals surface area (Å²) in [5.41, 5.74) is 9.95. The van der Waals surface area contributed by atoms with Crippen LogP contribution in [0.3, 0.4) is 0 Å². The molecule has 19 heavy (non-hydrogen) atoms. The molecule has 4 nitrogen and oxygen atoms in total. The molecule has 0 aliphatic heterocycles. The Morgan fingerprint density at radius 1 is 1.37 bits per heavy atom. The van der Waals surface area contributed by atoms with Crippen LogP contribution in [0.5, 0.6) is 5.75 Å². The standard InChI is InChI=1S/C15H21N3O/c1-10(2)11-5-6-13(14(7-11)19-4)15-12(8-16)9-18(3)17-15/h5-7,9-10H,8,16H2,1-4H3. The van der Waals surface area contributed by atoms with Gasteiger partial charge in [0.25, 0.3) is 0 Å². The number of hydrogen-bond acceptors (Lipinski definition) is 3. The van der Waals surface area contributed by atoms with Gasteiger partial charge in [0.1, 0.15) is 11.4 Å². The van der Waals surface area contributed by atoms with E-state index < -0.39 is 0 Å². The number of nitrogens with zero attached hydrogens (tertiary/aromatic N) is 2. The number of rotatable bonds is 4. The molecule has 0 amide bonds. The fraction of sp³-hybridized carbons (Fsp3) is 0.400. The number of aromatic nitrogens is 2. The molecule has 0 radical (unpaired) electrons. The zero-order valence-electron chi connectivity index (χ0n) is 12.0. The minimum Gasteiger partial charge on any atom is -0.496 e. The molecular weight excluding hydrogens is 238 g/mol. The van der Waals surface area contributed by atoms with E-state index in [0.717, 1.165) is 22.6 Å². The largest absolute Gasteiger partial charge is 0.496 e. The van der Waals surface area contributed by atoms with Crippen molar-refractivity contribution in [1.82, 2.24) is 9.78 Å². The summed E-state index contributed by atoms with van der Waals surface area (Å²) >= 11 is 0. The van der Waals surface area contributed by atoms with Crippen LogP contribution in [0.4, 0.5) is 0 Å². The summed E-state index contributed by atoms with van der Waals surface area (Å²) in [6, 6.07) is 6.27. The van der Waals surface area contributed by atoms with E-state index in [1.165, 1.54) is 5.56 Å². The maximum Gasteiger partial charge on any atom is 0.128 e. The van der Waals surface area contributed by atoms with Crippen molar-refractivity contribution < 1.29 is 4.74 Å². The van der Waals surface area contributed by atoms with Crippen molar-refractivity contribution in [3.8, 4) is 17.0 Å². The van der Waals surface area contributed by atoms with Crippen LogP contribution in [-0.2, 0) is 13.6 Å². The second-order valence-electron chi connectivity index (χ2n) is 5.00. The van der Waals surface area contributed by atoms with Gasteiger partial charge in [-0.3, -0.25) is 4.68 Å². The van der Waals surface area contributed by atoms with Crippen molar-refractivity contribution in [2.45, 2.75) is 26.3 Å². The molecule has 0 spiro atoms. The SMILES string of the molecule is COc1cc(C(C)C)ccc1-c1nn(C)cc1CN. The molecule has 102 valence electrons. The second-order valence-corrected chi connectivity index (χ2v) is 5.00. The number of methoxy groups -OCH3 is 1. The van der Waals surface area contributed by atoms with E-state index >= 15 is 0 Å². The highest BCUT2D eigenvalue weighted by Crippen LogP contribution is 2.33. The molecule has 0 unspecified atom stereocenters. The first-order chi connectivity index (χ1) is 9.06. The van der Waals surface area contributed by atoms with Crippen molar-refractivity contribution in [3.63, 3.8) is 0 Å². The first-order valence-corrected chi connectivity index (χ1v) is 6.47. The highest BCUT2D eigenvalue weighted by atomic mass is 16.5. The van der Waals surface area contributed by atoms with Crippen LogP contribution in [0.25, 0.3) is 11.3 Å². The van der Waals surface area contributed by atoms with Gasteiger partial charge < -0.3 is 10.5 Å². The molecule has 0 aliphatic rings. The zero-order chi connectivity index (χ0) is 14.0. The number of hydrogen-bond donors (Lipinski definition) is 1. The van der Waals surface area contributed by atoms with Gasteiger partial charge in [0, 0.05) is 30.9 Å². The van der Waals surface area contributed by atoms with E-state index in [9.17, 15) is 0 Å². The second kappa shape index (κ2) is 5.45. The highest BCUT2D eigenvalue weighted by molar-refractivity contribution is 5.70. The molecule has 0 saturated heterocycles. The highest BCUT2D eigenvalue weighted by Gasteiger charge is 2.14. The monoisotopic (exact) mass is 259 g/mol. The van der Waals surface area contributed by atoms with E-state index in [-0.39, 0.29) is 0 Å². The number of ether oxygens (including phenoxy) is 1. The molecule has 2 rings (SSSR count). The smallest absolute Gasteiger partial charge is 0.128 e.